The number of furan rings is 1. The van der Waals surface area contributed by atoms with Crippen LogP contribution in [0.2, 0.25) is 0 Å². The molecule has 0 aliphatic heterocycles. The van der Waals surface area contributed by atoms with Gasteiger partial charge >= 0.3 is 0 Å². The fraction of sp³-hybridized carbons (Fsp3) is 0.292. The fourth-order valence-electron chi connectivity index (χ4n) is 3.07. The number of carbonyl (C=O) groups excluding carboxylic acids is 1. The topological polar surface area (TPSA) is 63.9 Å². The highest BCUT2D eigenvalue weighted by atomic mass is 16.5. The molecule has 1 aromatic heterocycles. The van der Waals surface area contributed by atoms with Gasteiger partial charge < -0.3 is 24.1 Å². The smallest absolute Gasteiger partial charge is 0.291 e. The van der Waals surface area contributed by atoms with E-state index in [2.05, 4.69) is 24.1 Å². The molecule has 2 aromatic carbocycles. The summed E-state index contributed by atoms with van der Waals surface area (Å²) in [5.74, 6) is 2.03. The van der Waals surface area contributed by atoms with Crippen molar-refractivity contribution in [2.24, 2.45) is 0 Å². The molecule has 0 saturated heterocycles. The maximum atomic E-state index is 12.5. The number of nitrogens with zero attached hydrogens (tertiary/aromatic N) is 1. The highest BCUT2D eigenvalue weighted by Gasteiger charge is 2.12. The van der Waals surface area contributed by atoms with Gasteiger partial charge in [0.1, 0.15) is 23.9 Å². The van der Waals surface area contributed by atoms with Crippen molar-refractivity contribution in [2.75, 3.05) is 29.9 Å². The molecule has 0 aliphatic rings. The molecule has 3 rings (SSSR count). The van der Waals surface area contributed by atoms with Crippen molar-refractivity contribution in [1.29, 1.82) is 0 Å². The molecule has 0 spiro atoms. The molecule has 0 atom stereocenters. The predicted octanol–water partition coefficient (Wildman–Crippen LogP) is 5.36. The van der Waals surface area contributed by atoms with Crippen LogP contribution in [0.5, 0.6) is 11.5 Å². The standard InChI is InChI=1S/C24H28N2O4/c1-4-26(5-2)19-9-7-18(8-10-19)25-24(27)23-16-15-22(30-23)17-29-21-13-11-20(12-14-21)28-6-3/h7-16H,4-6,17H2,1-3H3,(H,25,27). The zero-order valence-electron chi connectivity index (χ0n) is 17.7. The number of nitrogens with one attached hydrogen (secondary N) is 1. The van der Waals surface area contributed by atoms with E-state index >= 15 is 0 Å². The minimum atomic E-state index is -0.294. The maximum absolute atomic E-state index is 12.5. The summed E-state index contributed by atoms with van der Waals surface area (Å²) in [5.41, 5.74) is 1.85. The van der Waals surface area contributed by atoms with E-state index < -0.39 is 0 Å². The van der Waals surface area contributed by atoms with Crippen molar-refractivity contribution in [3.8, 4) is 11.5 Å². The van der Waals surface area contributed by atoms with Gasteiger partial charge in [-0.2, -0.15) is 0 Å². The van der Waals surface area contributed by atoms with E-state index in [1.54, 1.807) is 12.1 Å². The highest BCUT2D eigenvalue weighted by molar-refractivity contribution is 6.02. The Morgan fingerprint density at radius 2 is 1.50 bits per heavy atom. The molecule has 0 unspecified atom stereocenters. The molecule has 6 nitrogen and oxygen atoms in total. The van der Waals surface area contributed by atoms with E-state index in [1.165, 1.54) is 0 Å². The Balaban J connectivity index is 1.54. The second kappa shape index (κ2) is 10.4. The van der Waals surface area contributed by atoms with Gasteiger partial charge in [-0.1, -0.05) is 0 Å². The van der Waals surface area contributed by atoms with E-state index in [1.807, 2.05) is 55.5 Å². The summed E-state index contributed by atoms with van der Waals surface area (Å²) in [6.45, 7) is 8.92. The Bertz CT molecular complexity index is 929. The van der Waals surface area contributed by atoms with Crippen LogP contribution in [0.4, 0.5) is 11.4 Å². The van der Waals surface area contributed by atoms with Crippen molar-refractivity contribution in [3.05, 3.63) is 72.2 Å². The molecule has 158 valence electrons. The van der Waals surface area contributed by atoms with Gasteiger partial charge in [0, 0.05) is 24.5 Å². The van der Waals surface area contributed by atoms with Crippen molar-refractivity contribution < 1.29 is 18.7 Å². The molecule has 0 radical (unpaired) electrons. The first kappa shape index (κ1) is 21.3. The van der Waals surface area contributed by atoms with Crippen molar-refractivity contribution in [1.82, 2.24) is 0 Å². The second-order valence-electron chi connectivity index (χ2n) is 6.63. The Morgan fingerprint density at radius 3 is 2.10 bits per heavy atom. The summed E-state index contributed by atoms with van der Waals surface area (Å²) in [7, 11) is 0. The van der Waals surface area contributed by atoms with Crippen LogP contribution in [0.3, 0.4) is 0 Å². The summed E-state index contributed by atoms with van der Waals surface area (Å²) in [6.07, 6.45) is 0. The normalized spacial score (nSPS) is 10.5. The van der Waals surface area contributed by atoms with Gasteiger partial charge in [-0.25, -0.2) is 0 Å². The Morgan fingerprint density at radius 1 is 0.867 bits per heavy atom. The van der Waals surface area contributed by atoms with Crippen LogP contribution < -0.4 is 19.7 Å². The van der Waals surface area contributed by atoms with Crippen molar-refractivity contribution in [3.63, 3.8) is 0 Å². The van der Waals surface area contributed by atoms with Gasteiger partial charge in [-0.3, -0.25) is 4.79 Å². The molecule has 0 aliphatic carbocycles. The summed E-state index contributed by atoms with van der Waals surface area (Å²) >= 11 is 0. The van der Waals surface area contributed by atoms with Gasteiger partial charge in [-0.15, -0.1) is 0 Å². The lowest BCUT2D eigenvalue weighted by Crippen LogP contribution is -2.21. The molecule has 0 saturated carbocycles. The molecule has 0 bridgehead atoms. The van der Waals surface area contributed by atoms with Gasteiger partial charge in [0.2, 0.25) is 0 Å². The molecule has 6 heteroatoms. The predicted molar refractivity (Wildman–Crippen MR) is 119 cm³/mol. The lowest BCUT2D eigenvalue weighted by Gasteiger charge is -2.21. The quantitative estimate of drug-likeness (QED) is 0.489. The van der Waals surface area contributed by atoms with Crippen LogP contribution >= 0.6 is 0 Å². The van der Waals surface area contributed by atoms with E-state index in [-0.39, 0.29) is 18.3 Å². The van der Waals surface area contributed by atoms with Crippen LogP contribution in [-0.4, -0.2) is 25.6 Å². The minimum absolute atomic E-state index is 0.236. The number of amides is 1. The van der Waals surface area contributed by atoms with Crippen LogP contribution in [0, 0.1) is 0 Å². The maximum Gasteiger partial charge on any atom is 0.291 e. The summed E-state index contributed by atoms with van der Waals surface area (Å²) in [5, 5.41) is 2.86. The molecule has 1 N–H and O–H groups in total. The molecular weight excluding hydrogens is 380 g/mol. The first-order chi connectivity index (χ1) is 14.6. The average molecular weight is 408 g/mol. The largest absolute Gasteiger partial charge is 0.494 e. The highest BCUT2D eigenvalue weighted by Crippen LogP contribution is 2.21. The zero-order chi connectivity index (χ0) is 21.3. The summed E-state index contributed by atoms with van der Waals surface area (Å²) in [6, 6.07) is 18.6. The third kappa shape index (κ3) is 5.56. The van der Waals surface area contributed by atoms with Gasteiger partial charge in [0.25, 0.3) is 5.91 Å². The Labute approximate surface area is 177 Å². The SMILES string of the molecule is CCOc1ccc(OCc2ccc(C(=O)Nc3ccc(N(CC)CC)cc3)o2)cc1. The lowest BCUT2D eigenvalue weighted by molar-refractivity contribution is 0.0992. The molecule has 0 fully saturated rings. The molecule has 3 aromatic rings. The number of anilines is 2. The Hall–Kier alpha value is -3.41. The fourth-order valence-corrected chi connectivity index (χ4v) is 3.07. The van der Waals surface area contributed by atoms with Crippen LogP contribution in [-0.2, 0) is 6.61 Å². The monoisotopic (exact) mass is 408 g/mol. The molecule has 1 amide bonds. The zero-order valence-corrected chi connectivity index (χ0v) is 17.7. The third-order valence-electron chi connectivity index (χ3n) is 4.66. The number of benzene rings is 2. The molecule has 30 heavy (non-hydrogen) atoms. The summed E-state index contributed by atoms with van der Waals surface area (Å²) < 4.78 is 16.7. The van der Waals surface area contributed by atoms with E-state index in [0.29, 0.717) is 18.1 Å². The first-order valence-electron chi connectivity index (χ1n) is 10.2. The minimum Gasteiger partial charge on any atom is -0.494 e. The summed E-state index contributed by atoms with van der Waals surface area (Å²) in [4.78, 5) is 14.7. The van der Waals surface area contributed by atoms with Crippen molar-refractivity contribution in [2.45, 2.75) is 27.4 Å². The number of ether oxygens (including phenoxy) is 2. The van der Waals surface area contributed by atoms with Crippen LogP contribution in [0.15, 0.2) is 65.1 Å². The van der Waals surface area contributed by atoms with Crippen LogP contribution in [0.25, 0.3) is 0 Å². The van der Waals surface area contributed by atoms with Gasteiger partial charge in [-0.05, 0) is 81.4 Å². The van der Waals surface area contributed by atoms with Crippen LogP contribution in [0.1, 0.15) is 37.1 Å². The number of hydrogen-bond donors (Lipinski definition) is 1. The third-order valence-corrected chi connectivity index (χ3v) is 4.66. The van der Waals surface area contributed by atoms with Crippen molar-refractivity contribution >= 4 is 17.3 Å². The van der Waals surface area contributed by atoms with E-state index in [0.717, 1.165) is 30.2 Å². The van der Waals surface area contributed by atoms with Gasteiger partial charge in [0.15, 0.2) is 5.76 Å². The van der Waals surface area contributed by atoms with E-state index in [4.69, 9.17) is 13.9 Å². The van der Waals surface area contributed by atoms with E-state index in [9.17, 15) is 4.79 Å². The average Bonchev–Trinajstić information content (AvgIpc) is 3.25. The Kier molecular flexibility index (Phi) is 7.38. The molecular formula is C24H28N2O4. The number of rotatable bonds is 10. The second-order valence-corrected chi connectivity index (χ2v) is 6.63. The number of hydrogen-bond acceptors (Lipinski definition) is 5. The van der Waals surface area contributed by atoms with Gasteiger partial charge in [0.05, 0.1) is 6.61 Å². The lowest BCUT2D eigenvalue weighted by atomic mass is 10.2. The first-order valence-corrected chi connectivity index (χ1v) is 10.2. The number of carbonyl (C=O) groups is 1. The molecule has 1 heterocycles.